The predicted octanol–water partition coefficient (Wildman–Crippen LogP) is 0.873. The summed E-state index contributed by atoms with van der Waals surface area (Å²) in [6.45, 7) is 2.99. The summed E-state index contributed by atoms with van der Waals surface area (Å²) in [5.41, 5.74) is 6.21. The number of esters is 1. The fourth-order valence-electron chi connectivity index (χ4n) is 2.27. The van der Waals surface area contributed by atoms with Gasteiger partial charge in [-0.1, -0.05) is 18.1 Å². The van der Waals surface area contributed by atoms with Crippen LogP contribution in [-0.2, 0) is 11.3 Å². The van der Waals surface area contributed by atoms with E-state index in [-0.39, 0.29) is 29.7 Å². The monoisotopic (exact) mass is 422 g/mol. The second kappa shape index (κ2) is 9.59. The number of guanidine groups is 1. The van der Waals surface area contributed by atoms with Crippen molar-refractivity contribution in [2.75, 3.05) is 26.7 Å². The molecule has 2 heterocycles. The molecule has 22 heavy (non-hydrogen) atoms. The molecule has 1 aromatic heterocycles. The number of carbonyl (C=O) groups excluding carboxylic acids is 1. The lowest BCUT2D eigenvalue weighted by Gasteiger charge is -2.20. The van der Waals surface area contributed by atoms with Crippen molar-refractivity contribution in [1.82, 2.24) is 19.9 Å². The van der Waals surface area contributed by atoms with Gasteiger partial charge in [0.25, 0.3) is 0 Å². The molecule has 1 saturated heterocycles. The van der Waals surface area contributed by atoms with E-state index >= 15 is 0 Å². The van der Waals surface area contributed by atoms with E-state index in [1.54, 1.807) is 10.9 Å². The third kappa shape index (κ3) is 5.43. The number of rotatable bonds is 4. The predicted molar refractivity (Wildman–Crippen MR) is 93.3 cm³/mol. The maximum absolute atomic E-state index is 11.3. The maximum atomic E-state index is 11.3. The number of ether oxygens (including phenoxy) is 1. The fraction of sp³-hybridized carbons (Fsp3) is 0.692. The second-order valence-corrected chi connectivity index (χ2v) is 5.00. The summed E-state index contributed by atoms with van der Waals surface area (Å²) in [5, 5.41) is 7.59. The highest BCUT2D eigenvalue weighted by Gasteiger charge is 2.11. The quantitative estimate of drug-likeness (QED) is 0.335. The van der Waals surface area contributed by atoms with Crippen LogP contribution in [0, 0.1) is 0 Å². The summed E-state index contributed by atoms with van der Waals surface area (Å²) < 4.78 is 6.14. The van der Waals surface area contributed by atoms with Crippen molar-refractivity contribution in [2.45, 2.75) is 32.2 Å². The Morgan fingerprint density at radius 3 is 2.68 bits per heavy atom. The van der Waals surface area contributed by atoms with Crippen LogP contribution in [0.4, 0.5) is 0 Å². The van der Waals surface area contributed by atoms with Gasteiger partial charge < -0.3 is 15.4 Å². The van der Waals surface area contributed by atoms with E-state index in [9.17, 15) is 4.79 Å². The van der Waals surface area contributed by atoms with Crippen LogP contribution >= 0.6 is 24.0 Å². The lowest BCUT2D eigenvalue weighted by molar-refractivity contribution is 0.0594. The van der Waals surface area contributed by atoms with Crippen molar-refractivity contribution >= 4 is 35.9 Å². The molecule has 1 fully saturated rings. The Bertz CT molecular complexity index is 496. The van der Waals surface area contributed by atoms with E-state index < -0.39 is 5.97 Å². The van der Waals surface area contributed by atoms with E-state index in [0.717, 1.165) is 13.1 Å². The van der Waals surface area contributed by atoms with E-state index in [1.807, 2.05) is 0 Å². The molecular formula is C13H23IN6O2. The highest BCUT2D eigenvalue weighted by molar-refractivity contribution is 14.0. The molecule has 0 unspecified atom stereocenters. The zero-order valence-corrected chi connectivity index (χ0v) is 15.1. The molecule has 1 aliphatic rings. The number of hydrogen-bond acceptors (Lipinski definition) is 5. The normalized spacial score (nSPS) is 15.9. The minimum atomic E-state index is -0.492. The van der Waals surface area contributed by atoms with E-state index in [1.165, 1.54) is 32.8 Å². The molecule has 0 atom stereocenters. The van der Waals surface area contributed by atoms with Crippen LogP contribution in [-0.4, -0.2) is 58.6 Å². The molecule has 1 aliphatic heterocycles. The Labute approximate surface area is 147 Å². The topological polar surface area (TPSA) is 98.6 Å². The number of hydrogen-bond donors (Lipinski definition) is 1. The zero-order chi connectivity index (χ0) is 15.1. The number of methoxy groups -OCH3 is 1. The Balaban J connectivity index is 0.00000242. The van der Waals surface area contributed by atoms with Gasteiger partial charge in [0.05, 0.1) is 26.4 Å². The summed E-state index contributed by atoms with van der Waals surface area (Å²) in [6, 6.07) is 0. The number of likely N-dealkylation sites (tertiary alicyclic amines) is 1. The molecule has 1 aromatic rings. The van der Waals surface area contributed by atoms with Gasteiger partial charge in [-0.3, -0.25) is 4.99 Å². The molecule has 0 amide bonds. The molecule has 124 valence electrons. The van der Waals surface area contributed by atoms with Crippen LogP contribution in [0.15, 0.2) is 11.2 Å². The van der Waals surface area contributed by atoms with Crippen molar-refractivity contribution in [3.8, 4) is 0 Å². The zero-order valence-electron chi connectivity index (χ0n) is 12.8. The average Bonchev–Trinajstić information content (AvgIpc) is 2.79. The number of aliphatic imine (C=N–C) groups is 1. The average molecular weight is 422 g/mol. The molecule has 0 radical (unpaired) electrons. The first-order valence-corrected chi connectivity index (χ1v) is 7.24. The Morgan fingerprint density at radius 1 is 1.36 bits per heavy atom. The fourth-order valence-corrected chi connectivity index (χ4v) is 2.27. The van der Waals surface area contributed by atoms with Gasteiger partial charge in [0.15, 0.2) is 11.7 Å². The largest absolute Gasteiger partial charge is 0.464 e. The summed E-state index contributed by atoms with van der Waals surface area (Å²) >= 11 is 0. The van der Waals surface area contributed by atoms with Crippen molar-refractivity contribution in [3.63, 3.8) is 0 Å². The minimum absolute atomic E-state index is 0. The minimum Gasteiger partial charge on any atom is -0.464 e. The van der Waals surface area contributed by atoms with Crippen molar-refractivity contribution < 1.29 is 9.53 Å². The third-order valence-electron chi connectivity index (χ3n) is 3.47. The number of nitrogens with zero attached hydrogens (tertiary/aromatic N) is 5. The van der Waals surface area contributed by atoms with E-state index in [0.29, 0.717) is 19.0 Å². The molecule has 0 bridgehead atoms. The summed E-state index contributed by atoms with van der Waals surface area (Å²) in [5.74, 6) is 0.0963. The molecular weight excluding hydrogens is 399 g/mol. The molecule has 9 heteroatoms. The maximum Gasteiger partial charge on any atom is 0.360 e. The van der Waals surface area contributed by atoms with Crippen molar-refractivity contribution in [1.29, 1.82) is 0 Å². The van der Waals surface area contributed by atoms with Crippen LogP contribution in [0.3, 0.4) is 0 Å². The summed E-state index contributed by atoms with van der Waals surface area (Å²) in [6.07, 6.45) is 6.41. The third-order valence-corrected chi connectivity index (χ3v) is 3.47. The lowest BCUT2D eigenvalue weighted by Crippen LogP contribution is -2.38. The standard InChI is InChI=1S/C13H22N6O2.HI/c1-21-12(20)11-10-19(17-16-11)9-6-15-13(14)18-7-4-2-3-5-8-18;/h10H,2-9H2,1H3,(H2,14,15);1H. The first-order valence-electron chi connectivity index (χ1n) is 7.24. The Kier molecular flexibility index (Phi) is 8.13. The first kappa shape index (κ1) is 18.7. The lowest BCUT2D eigenvalue weighted by atomic mass is 10.2. The number of nitrogens with two attached hydrogens (primary N) is 1. The second-order valence-electron chi connectivity index (χ2n) is 5.00. The number of carbonyl (C=O) groups is 1. The number of aromatic nitrogens is 3. The first-order chi connectivity index (χ1) is 10.2. The molecule has 2 rings (SSSR count). The molecule has 2 N–H and O–H groups in total. The van der Waals surface area contributed by atoms with Gasteiger partial charge in [0, 0.05) is 13.1 Å². The van der Waals surface area contributed by atoms with Crippen molar-refractivity contribution in [2.24, 2.45) is 10.7 Å². The van der Waals surface area contributed by atoms with Gasteiger partial charge in [0.2, 0.25) is 0 Å². The highest BCUT2D eigenvalue weighted by atomic mass is 127. The highest BCUT2D eigenvalue weighted by Crippen LogP contribution is 2.09. The summed E-state index contributed by atoms with van der Waals surface area (Å²) in [4.78, 5) is 17.8. The van der Waals surface area contributed by atoms with Crippen LogP contribution < -0.4 is 5.73 Å². The number of halogens is 1. The molecule has 0 saturated carbocycles. The van der Waals surface area contributed by atoms with Crippen LogP contribution in [0.2, 0.25) is 0 Å². The Morgan fingerprint density at radius 2 is 2.05 bits per heavy atom. The molecule has 0 spiro atoms. The van der Waals surface area contributed by atoms with Crippen LogP contribution in [0.25, 0.3) is 0 Å². The van der Waals surface area contributed by atoms with Gasteiger partial charge in [-0.05, 0) is 12.8 Å². The van der Waals surface area contributed by atoms with Gasteiger partial charge in [-0.2, -0.15) is 0 Å². The van der Waals surface area contributed by atoms with Gasteiger partial charge in [-0.25, -0.2) is 9.48 Å². The van der Waals surface area contributed by atoms with Crippen LogP contribution in [0.1, 0.15) is 36.2 Å². The van der Waals surface area contributed by atoms with Gasteiger partial charge in [0.1, 0.15) is 0 Å². The molecule has 0 aromatic carbocycles. The van der Waals surface area contributed by atoms with E-state index in [2.05, 4.69) is 24.9 Å². The SMILES string of the molecule is COC(=O)c1cn(CCN=C(N)N2CCCCCC2)nn1.I. The molecule has 0 aliphatic carbocycles. The smallest absolute Gasteiger partial charge is 0.360 e. The molecule has 8 nitrogen and oxygen atoms in total. The van der Waals surface area contributed by atoms with Gasteiger partial charge in [-0.15, -0.1) is 29.1 Å². The van der Waals surface area contributed by atoms with Crippen molar-refractivity contribution in [3.05, 3.63) is 11.9 Å². The van der Waals surface area contributed by atoms with Crippen LogP contribution in [0.5, 0.6) is 0 Å². The summed E-state index contributed by atoms with van der Waals surface area (Å²) in [7, 11) is 1.31. The van der Waals surface area contributed by atoms with Gasteiger partial charge >= 0.3 is 5.97 Å². The van der Waals surface area contributed by atoms with E-state index in [4.69, 9.17) is 5.73 Å². The Hall–Kier alpha value is -1.39.